The molecule has 5 heteroatoms. The topological polar surface area (TPSA) is 65.7 Å². The largest absolute Gasteiger partial charge is 0.481 e. The highest BCUT2D eigenvalue weighted by Gasteiger charge is 2.59. The van der Waals surface area contributed by atoms with Gasteiger partial charge in [0.15, 0.2) is 6.61 Å². The number of carbonyl (C=O) groups is 1. The fraction of sp³-hybridized carbons (Fsp3) is 0.714. The van der Waals surface area contributed by atoms with Gasteiger partial charge in [0.2, 0.25) is 0 Å². The first-order valence-corrected chi connectivity index (χ1v) is 19.1. The zero-order valence-corrected chi connectivity index (χ0v) is 29.9. The van der Waals surface area contributed by atoms with Gasteiger partial charge >= 0.3 is 11.6 Å². The van der Waals surface area contributed by atoms with Crippen molar-refractivity contribution in [2.75, 3.05) is 6.61 Å². The van der Waals surface area contributed by atoms with Crippen molar-refractivity contribution in [2.45, 2.75) is 138 Å². The second kappa shape index (κ2) is 12.7. The van der Waals surface area contributed by atoms with Gasteiger partial charge in [-0.3, -0.25) is 0 Å². The lowest BCUT2D eigenvalue weighted by Crippen LogP contribution is -2.51. The first-order valence-electron chi connectivity index (χ1n) is 19.1. The number of aryl methyl sites for hydroxylation is 2. The van der Waals surface area contributed by atoms with Gasteiger partial charge in [-0.15, -0.1) is 0 Å². The molecular formula is C42H58O5. The number of ether oxygens (including phenoxy) is 2. The Balaban J connectivity index is 0.987. The summed E-state index contributed by atoms with van der Waals surface area (Å²) in [6, 6.07) is 3.83. The number of benzene rings is 1. The molecule has 0 amide bonds. The molecule has 47 heavy (non-hydrogen) atoms. The maximum Gasteiger partial charge on any atom is 0.344 e. The van der Waals surface area contributed by atoms with Gasteiger partial charge in [-0.2, -0.15) is 0 Å². The maximum absolute atomic E-state index is 13.2. The Morgan fingerprint density at radius 2 is 1.81 bits per heavy atom. The van der Waals surface area contributed by atoms with E-state index >= 15 is 0 Å². The molecule has 0 radical (unpaired) electrons. The fourth-order valence-corrected chi connectivity index (χ4v) is 11.7. The van der Waals surface area contributed by atoms with Gasteiger partial charge in [0.1, 0.15) is 17.4 Å². The van der Waals surface area contributed by atoms with Crippen molar-refractivity contribution in [2.24, 2.45) is 46.3 Å². The summed E-state index contributed by atoms with van der Waals surface area (Å²) in [5.41, 5.74) is 5.27. The molecule has 5 aliphatic rings. The normalized spacial score (nSPS) is 33.5. The first-order chi connectivity index (χ1) is 22.5. The maximum atomic E-state index is 13.2. The second-order valence-corrected chi connectivity index (χ2v) is 17.3. The van der Waals surface area contributed by atoms with Gasteiger partial charge in [0.05, 0.1) is 5.39 Å². The highest BCUT2D eigenvalue weighted by atomic mass is 16.6. The van der Waals surface area contributed by atoms with E-state index in [0.717, 1.165) is 96.1 Å². The molecule has 3 saturated carbocycles. The van der Waals surface area contributed by atoms with Crippen LogP contribution in [0.5, 0.6) is 5.75 Å². The third-order valence-corrected chi connectivity index (χ3v) is 14.1. The van der Waals surface area contributed by atoms with E-state index in [9.17, 15) is 9.59 Å². The van der Waals surface area contributed by atoms with E-state index < -0.39 is 0 Å². The van der Waals surface area contributed by atoms with E-state index in [0.29, 0.717) is 16.7 Å². The lowest BCUT2D eigenvalue weighted by atomic mass is 9.47. The van der Waals surface area contributed by atoms with E-state index in [2.05, 4.69) is 40.7 Å². The summed E-state index contributed by atoms with van der Waals surface area (Å²) in [6.45, 7) is 14.3. The molecule has 1 aromatic carbocycles. The highest BCUT2D eigenvalue weighted by molar-refractivity contribution is 5.89. The van der Waals surface area contributed by atoms with Crippen LogP contribution in [-0.4, -0.2) is 18.7 Å². The summed E-state index contributed by atoms with van der Waals surface area (Å²) in [7, 11) is 0. The molecule has 7 rings (SSSR count). The Morgan fingerprint density at radius 1 is 1.00 bits per heavy atom. The molecule has 0 unspecified atom stereocenters. The summed E-state index contributed by atoms with van der Waals surface area (Å²) in [6.07, 6.45) is 18.8. The number of allylic oxidation sites excluding steroid dienone is 1. The first kappa shape index (κ1) is 33.0. The van der Waals surface area contributed by atoms with E-state index in [1.54, 1.807) is 5.57 Å². The fourth-order valence-electron chi connectivity index (χ4n) is 11.7. The Bertz CT molecular complexity index is 1600. The number of hydrogen-bond donors (Lipinski definition) is 0. The van der Waals surface area contributed by atoms with Crippen LogP contribution in [0.4, 0.5) is 0 Å². The zero-order chi connectivity index (χ0) is 33.1. The SMILES string of the molecule is Cc1cc(OCC(=O)O[C@H]2CC[C@@]3(C)C(=CC[C@H]4[C@H]5CC[C@H]([C@H](C)CCCC(C)C)[C@@]5(C)CC[C@@H]43)C2)c2c3c(c(=O)oc2c1)CCC3. The molecule has 1 heterocycles. The third-order valence-electron chi connectivity index (χ3n) is 14.1. The summed E-state index contributed by atoms with van der Waals surface area (Å²) in [4.78, 5) is 25.7. The molecule has 0 saturated heterocycles. The molecule has 5 aliphatic carbocycles. The quantitative estimate of drug-likeness (QED) is 0.155. The van der Waals surface area contributed by atoms with Gasteiger partial charge in [-0.05, 0) is 141 Å². The van der Waals surface area contributed by atoms with Crippen LogP contribution >= 0.6 is 0 Å². The van der Waals surface area contributed by atoms with Crippen LogP contribution in [0.15, 0.2) is 33.0 Å². The van der Waals surface area contributed by atoms with Crippen LogP contribution < -0.4 is 10.4 Å². The van der Waals surface area contributed by atoms with Crippen molar-refractivity contribution in [3.05, 3.63) is 50.9 Å². The average Bonchev–Trinajstić information content (AvgIpc) is 3.65. The van der Waals surface area contributed by atoms with Crippen molar-refractivity contribution in [1.82, 2.24) is 0 Å². The van der Waals surface area contributed by atoms with E-state index in [1.165, 1.54) is 51.4 Å². The smallest absolute Gasteiger partial charge is 0.344 e. The minimum Gasteiger partial charge on any atom is -0.481 e. The Kier molecular flexibility index (Phi) is 8.92. The molecule has 0 spiro atoms. The van der Waals surface area contributed by atoms with Crippen molar-refractivity contribution in [3.63, 3.8) is 0 Å². The summed E-state index contributed by atoms with van der Waals surface area (Å²) < 4.78 is 17.9. The van der Waals surface area contributed by atoms with Crippen molar-refractivity contribution < 1.29 is 18.7 Å². The van der Waals surface area contributed by atoms with Crippen LogP contribution in [0.3, 0.4) is 0 Å². The van der Waals surface area contributed by atoms with Gasteiger partial charge in [0.25, 0.3) is 0 Å². The van der Waals surface area contributed by atoms with E-state index in [-0.39, 0.29) is 29.7 Å². The lowest BCUT2D eigenvalue weighted by molar-refractivity contribution is -0.153. The average molecular weight is 643 g/mol. The lowest BCUT2D eigenvalue weighted by Gasteiger charge is -2.58. The Hall–Kier alpha value is -2.56. The standard InChI is InChI=1S/C42H58O5/c1-25(2)9-7-10-27(4)33-15-16-34-32-14-13-28-23-29(17-19-41(28,5)35(32)18-20-42(33,34)6)46-38(43)24-45-36-21-26(3)22-37-39(36)30-11-8-12-31(30)40(44)47-37/h13,21-22,25,27,29,32-35H,7-12,14-20,23-24H2,1-6H3/t27-,29+,32+,33-,34-,35+,41+,42-/m1/s1. The molecular weight excluding hydrogens is 584 g/mol. The van der Waals surface area contributed by atoms with Crippen molar-refractivity contribution >= 4 is 16.9 Å². The van der Waals surface area contributed by atoms with Crippen LogP contribution in [0.2, 0.25) is 0 Å². The Labute approximate surface area is 282 Å². The number of esters is 1. The Morgan fingerprint density at radius 3 is 2.62 bits per heavy atom. The molecule has 8 atom stereocenters. The van der Waals surface area contributed by atoms with Gasteiger partial charge < -0.3 is 13.9 Å². The molecule has 3 fully saturated rings. The number of rotatable bonds is 9. The van der Waals surface area contributed by atoms with E-state index in [4.69, 9.17) is 13.9 Å². The van der Waals surface area contributed by atoms with Crippen molar-refractivity contribution in [3.8, 4) is 5.75 Å². The molecule has 0 bridgehead atoms. The van der Waals surface area contributed by atoms with Crippen LogP contribution in [0.1, 0.15) is 128 Å². The van der Waals surface area contributed by atoms with Crippen LogP contribution in [0.25, 0.3) is 11.0 Å². The minimum atomic E-state index is -0.315. The van der Waals surface area contributed by atoms with E-state index in [1.807, 2.05) is 19.1 Å². The summed E-state index contributed by atoms with van der Waals surface area (Å²) >= 11 is 0. The van der Waals surface area contributed by atoms with Crippen molar-refractivity contribution in [1.29, 1.82) is 0 Å². The predicted octanol–water partition coefficient (Wildman–Crippen LogP) is 9.92. The number of carbonyl (C=O) groups excluding carboxylic acids is 1. The number of fused-ring (bicyclic) bond motifs is 8. The molecule has 0 aliphatic heterocycles. The third kappa shape index (κ3) is 5.90. The minimum absolute atomic E-state index is 0.0881. The second-order valence-electron chi connectivity index (χ2n) is 17.3. The molecule has 1 aromatic heterocycles. The van der Waals surface area contributed by atoms with Crippen LogP contribution in [-0.2, 0) is 22.4 Å². The monoisotopic (exact) mass is 642 g/mol. The van der Waals surface area contributed by atoms with Gasteiger partial charge in [-0.25, -0.2) is 9.59 Å². The molecule has 2 aromatic rings. The zero-order valence-electron chi connectivity index (χ0n) is 29.9. The molecule has 0 N–H and O–H groups in total. The van der Waals surface area contributed by atoms with Gasteiger partial charge in [0, 0.05) is 12.0 Å². The predicted molar refractivity (Wildman–Crippen MR) is 188 cm³/mol. The highest BCUT2D eigenvalue weighted by Crippen LogP contribution is 2.67. The van der Waals surface area contributed by atoms with Crippen LogP contribution in [0, 0.1) is 53.3 Å². The molecule has 256 valence electrons. The summed E-state index contributed by atoms with van der Waals surface area (Å²) in [5, 5.41) is 0.837. The summed E-state index contributed by atoms with van der Waals surface area (Å²) in [5.74, 6) is 5.24. The molecule has 5 nitrogen and oxygen atoms in total. The number of hydrogen-bond acceptors (Lipinski definition) is 5. The van der Waals surface area contributed by atoms with Gasteiger partial charge in [-0.1, -0.05) is 65.5 Å².